The van der Waals surface area contributed by atoms with Crippen LogP contribution in [0.5, 0.6) is 5.75 Å². The lowest BCUT2D eigenvalue weighted by Gasteiger charge is -2.21. The average molecular weight is 500 g/mol. The van der Waals surface area contributed by atoms with Crippen LogP contribution in [0.4, 0.5) is 5.69 Å². The second-order valence-corrected chi connectivity index (χ2v) is 9.31. The summed E-state index contributed by atoms with van der Waals surface area (Å²) >= 11 is 3.41. The minimum absolute atomic E-state index is 0.0449. The number of nitrogens with zero attached hydrogens (tertiary/aromatic N) is 1. The maximum atomic E-state index is 13.3. The fourth-order valence-corrected chi connectivity index (χ4v) is 4.94. The smallest absolute Gasteiger partial charge is 0.271 e. The second kappa shape index (κ2) is 9.94. The molecule has 0 atom stereocenters. The van der Waals surface area contributed by atoms with E-state index in [4.69, 9.17) is 4.74 Å². The highest BCUT2D eigenvalue weighted by Crippen LogP contribution is 2.27. The standard InChI is InChI=1S/C24H22BrNO4S/c1-3-18-9-13-20(14-10-18)26(31(28,29)21-7-5-4-6-8-21)24(27)16-12-19-11-15-23(30-2)22(25)17-19/h4-17H,3H2,1-2H3/b16-12+. The molecule has 3 rings (SSSR count). The molecule has 0 heterocycles. The van der Waals surface area contributed by atoms with Crippen molar-refractivity contribution in [2.75, 3.05) is 11.4 Å². The number of benzene rings is 3. The molecule has 0 saturated heterocycles. The molecule has 0 spiro atoms. The zero-order valence-corrected chi connectivity index (χ0v) is 19.6. The van der Waals surface area contributed by atoms with Crippen molar-refractivity contribution in [1.29, 1.82) is 0 Å². The quantitative estimate of drug-likeness (QED) is 0.405. The molecule has 160 valence electrons. The number of carbonyl (C=O) groups excluding carboxylic acids is 1. The van der Waals surface area contributed by atoms with Crippen molar-refractivity contribution in [2.24, 2.45) is 0 Å². The van der Waals surface area contributed by atoms with E-state index in [1.807, 2.05) is 19.1 Å². The van der Waals surface area contributed by atoms with E-state index in [0.29, 0.717) is 5.75 Å². The van der Waals surface area contributed by atoms with Gasteiger partial charge in [-0.25, -0.2) is 8.42 Å². The summed E-state index contributed by atoms with van der Waals surface area (Å²) < 4.78 is 33.4. The number of methoxy groups -OCH3 is 1. The van der Waals surface area contributed by atoms with Crippen molar-refractivity contribution >= 4 is 43.6 Å². The van der Waals surface area contributed by atoms with Gasteiger partial charge in [-0.05, 0) is 76.0 Å². The lowest BCUT2D eigenvalue weighted by atomic mass is 10.1. The highest BCUT2D eigenvalue weighted by atomic mass is 79.9. The number of halogens is 1. The molecule has 31 heavy (non-hydrogen) atoms. The topological polar surface area (TPSA) is 63.7 Å². The zero-order valence-electron chi connectivity index (χ0n) is 17.2. The summed E-state index contributed by atoms with van der Waals surface area (Å²) in [7, 11) is -2.53. The number of amides is 1. The van der Waals surface area contributed by atoms with E-state index < -0.39 is 15.9 Å². The first-order valence-electron chi connectivity index (χ1n) is 9.61. The van der Waals surface area contributed by atoms with Crippen molar-refractivity contribution in [2.45, 2.75) is 18.2 Å². The Kier molecular flexibility index (Phi) is 7.30. The molecular weight excluding hydrogens is 478 g/mol. The maximum absolute atomic E-state index is 13.3. The first-order chi connectivity index (χ1) is 14.9. The van der Waals surface area contributed by atoms with Crippen LogP contribution in [0.15, 0.2) is 88.2 Å². The Labute approximate surface area is 191 Å². The number of ether oxygens (including phenoxy) is 1. The molecule has 3 aromatic rings. The van der Waals surface area contributed by atoms with Gasteiger partial charge in [0, 0.05) is 6.08 Å². The van der Waals surface area contributed by atoms with Gasteiger partial charge in [-0.1, -0.05) is 43.3 Å². The lowest BCUT2D eigenvalue weighted by Crippen LogP contribution is -2.35. The van der Waals surface area contributed by atoms with Crippen LogP contribution < -0.4 is 9.04 Å². The van der Waals surface area contributed by atoms with Crippen molar-refractivity contribution in [3.8, 4) is 5.75 Å². The predicted octanol–water partition coefficient (Wildman–Crippen LogP) is 5.46. The number of sulfonamides is 1. The second-order valence-electron chi connectivity index (χ2n) is 6.67. The van der Waals surface area contributed by atoms with E-state index >= 15 is 0 Å². The number of hydrogen-bond donors (Lipinski definition) is 0. The molecule has 0 aliphatic heterocycles. The van der Waals surface area contributed by atoms with Crippen LogP contribution in [0.3, 0.4) is 0 Å². The van der Waals surface area contributed by atoms with Gasteiger partial charge in [-0.15, -0.1) is 0 Å². The number of hydrogen-bond acceptors (Lipinski definition) is 4. The normalized spacial score (nSPS) is 11.5. The van der Waals surface area contributed by atoms with E-state index in [2.05, 4.69) is 15.9 Å². The molecule has 3 aromatic carbocycles. The van der Waals surface area contributed by atoms with Crippen molar-refractivity contribution in [3.63, 3.8) is 0 Å². The van der Waals surface area contributed by atoms with E-state index in [1.54, 1.807) is 61.7 Å². The Hall–Kier alpha value is -2.90. The SMILES string of the molecule is CCc1ccc(N(C(=O)/C=C/c2ccc(OC)c(Br)c2)S(=O)(=O)c2ccccc2)cc1. The van der Waals surface area contributed by atoms with Crippen LogP contribution in [0.1, 0.15) is 18.1 Å². The van der Waals surface area contributed by atoms with E-state index in [1.165, 1.54) is 18.2 Å². The predicted molar refractivity (Wildman–Crippen MR) is 127 cm³/mol. The van der Waals surface area contributed by atoms with Crippen molar-refractivity contribution in [1.82, 2.24) is 0 Å². The van der Waals surface area contributed by atoms with Crippen LogP contribution in [-0.2, 0) is 21.2 Å². The van der Waals surface area contributed by atoms with Crippen molar-refractivity contribution in [3.05, 3.63) is 94.5 Å². The lowest BCUT2D eigenvalue weighted by molar-refractivity contribution is -0.113. The average Bonchev–Trinajstić information content (AvgIpc) is 2.79. The van der Waals surface area contributed by atoms with Crippen LogP contribution >= 0.6 is 15.9 Å². The van der Waals surface area contributed by atoms with E-state index in [9.17, 15) is 13.2 Å². The van der Waals surface area contributed by atoms with E-state index in [-0.39, 0.29) is 10.6 Å². The Balaban J connectivity index is 2.01. The van der Waals surface area contributed by atoms with Gasteiger partial charge in [-0.3, -0.25) is 4.79 Å². The van der Waals surface area contributed by atoms with Gasteiger partial charge in [-0.2, -0.15) is 4.31 Å². The summed E-state index contributed by atoms with van der Waals surface area (Å²) in [6.07, 6.45) is 3.63. The third-order valence-electron chi connectivity index (χ3n) is 4.65. The van der Waals surface area contributed by atoms with Crippen LogP contribution in [-0.4, -0.2) is 21.4 Å². The Morgan fingerprint density at radius 3 is 2.29 bits per heavy atom. The van der Waals surface area contributed by atoms with Crippen molar-refractivity contribution < 1.29 is 17.9 Å². The number of aryl methyl sites for hydroxylation is 1. The van der Waals surface area contributed by atoms with Gasteiger partial charge < -0.3 is 4.74 Å². The van der Waals surface area contributed by atoms with Gasteiger partial charge in [0.15, 0.2) is 0 Å². The molecule has 0 bridgehead atoms. The molecule has 0 aliphatic carbocycles. The van der Waals surface area contributed by atoms with Gasteiger partial charge in [0.2, 0.25) is 0 Å². The summed E-state index contributed by atoms with van der Waals surface area (Å²) in [6, 6.07) is 20.2. The molecule has 0 fully saturated rings. The number of anilines is 1. The fraction of sp³-hybridized carbons (Fsp3) is 0.125. The third-order valence-corrected chi connectivity index (χ3v) is 7.01. The van der Waals surface area contributed by atoms with Gasteiger partial charge in [0.25, 0.3) is 15.9 Å². The fourth-order valence-electron chi connectivity index (χ4n) is 2.97. The Bertz CT molecular complexity index is 1190. The molecule has 0 N–H and O–H groups in total. The highest BCUT2D eigenvalue weighted by molar-refractivity contribution is 9.10. The monoisotopic (exact) mass is 499 g/mol. The first kappa shape index (κ1) is 22.8. The summed E-state index contributed by atoms with van der Waals surface area (Å²) in [4.78, 5) is 13.2. The minimum Gasteiger partial charge on any atom is -0.496 e. The Morgan fingerprint density at radius 2 is 1.71 bits per heavy atom. The molecule has 0 unspecified atom stereocenters. The summed E-state index contributed by atoms with van der Waals surface area (Å²) in [5.41, 5.74) is 2.05. The van der Waals surface area contributed by atoms with Crippen LogP contribution in [0, 0.1) is 0 Å². The largest absolute Gasteiger partial charge is 0.496 e. The summed E-state index contributed by atoms with van der Waals surface area (Å²) in [5.74, 6) is -0.00665. The van der Waals surface area contributed by atoms with Gasteiger partial charge >= 0.3 is 0 Å². The van der Waals surface area contributed by atoms with E-state index in [0.717, 1.165) is 26.3 Å². The first-order valence-corrected chi connectivity index (χ1v) is 11.8. The molecule has 1 amide bonds. The van der Waals surface area contributed by atoms with Gasteiger partial charge in [0.1, 0.15) is 5.75 Å². The molecule has 0 aliphatic rings. The maximum Gasteiger partial charge on any atom is 0.271 e. The minimum atomic E-state index is -4.09. The van der Waals surface area contributed by atoms with Crippen LogP contribution in [0.2, 0.25) is 0 Å². The zero-order chi connectivity index (χ0) is 22.4. The summed E-state index contributed by atoms with van der Waals surface area (Å²) in [6.45, 7) is 2.01. The van der Waals surface area contributed by atoms with Gasteiger partial charge in [0.05, 0.1) is 22.2 Å². The molecule has 0 radical (unpaired) electrons. The Morgan fingerprint density at radius 1 is 1.03 bits per heavy atom. The summed E-state index contributed by atoms with van der Waals surface area (Å²) in [5, 5.41) is 0. The molecule has 5 nitrogen and oxygen atoms in total. The van der Waals surface area contributed by atoms with Crippen LogP contribution in [0.25, 0.3) is 6.08 Å². The number of rotatable bonds is 7. The third kappa shape index (κ3) is 5.24. The molecular formula is C24H22BrNO4S. The molecule has 0 aromatic heterocycles. The number of carbonyl (C=O) groups is 1. The molecule has 0 saturated carbocycles. The highest BCUT2D eigenvalue weighted by Gasteiger charge is 2.29. The molecule has 7 heteroatoms.